The van der Waals surface area contributed by atoms with Crippen LogP contribution < -0.4 is 22.5 Å². The highest BCUT2D eigenvalue weighted by molar-refractivity contribution is 6.02. The zero-order valence-corrected chi connectivity index (χ0v) is 5.00. The molecule has 0 aromatic carbocycles. The molecule has 0 spiro atoms. The fourth-order valence-electron chi connectivity index (χ4n) is 0.462. The van der Waals surface area contributed by atoms with Gasteiger partial charge in [-0.3, -0.25) is 20.9 Å². The Balaban J connectivity index is 2.68. The third kappa shape index (κ3) is 0.923. The summed E-state index contributed by atoms with van der Waals surface area (Å²) in [5, 5.41) is 3.23. The highest BCUT2D eigenvalue weighted by atomic mass is 16.8. The molecule has 0 radical (unpaired) electrons. The van der Waals surface area contributed by atoms with Crippen molar-refractivity contribution in [3.63, 3.8) is 0 Å². The van der Waals surface area contributed by atoms with Crippen LogP contribution in [0.5, 0.6) is 0 Å². The lowest BCUT2D eigenvalue weighted by Crippen LogP contribution is -2.63. The number of nitrogens with zero attached hydrogens (tertiary/aromatic N) is 1. The molecule has 1 aliphatic rings. The van der Waals surface area contributed by atoms with Gasteiger partial charge in [0.05, 0.1) is 6.21 Å². The Morgan fingerprint density at radius 1 is 1.90 bits per heavy atom. The summed E-state index contributed by atoms with van der Waals surface area (Å²) < 4.78 is 0. The molecule has 0 saturated carbocycles. The van der Waals surface area contributed by atoms with Gasteiger partial charge >= 0.3 is 0 Å². The second-order valence-electron chi connectivity index (χ2n) is 1.77. The molecule has 7 heteroatoms. The van der Waals surface area contributed by atoms with E-state index in [-0.39, 0.29) is 0 Å². The van der Waals surface area contributed by atoms with Gasteiger partial charge in [0.2, 0.25) is 5.66 Å². The standard InChI is InChI=1S/C3H7N5O2/c4-3(2(9)7-5)1-6-10-8-3/h1,8H,4-5H2,(H,7,9). The number of carbonyl (C=O) groups excluding carboxylic acids is 1. The summed E-state index contributed by atoms with van der Waals surface area (Å²) in [6.45, 7) is 0. The Morgan fingerprint density at radius 3 is 3.00 bits per heavy atom. The number of hydrogen-bond acceptors (Lipinski definition) is 6. The summed E-state index contributed by atoms with van der Waals surface area (Å²) in [5.41, 5.74) is 7.90. The summed E-state index contributed by atoms with van der Waals surface area (Å²) in [7, 11) is 0. The molecule has 1 heterocycles. The molecule has 0 fully saturated rings. The van der Waals surface area contributed by atoms with E-state index < -0.39 is 11.6 Å². The molecular weight excluding hydrogens is 138 g/mol. The molecule has 1 unspecified atom stereocenters. The van der Waals surface area contributed by atoms with E-state index in [9.17, 15) is 4.79 Å². The molecular formula is C3H7N5O2. The van der Waals surface area contributed by atoms with Gasteiger partial charge in [0.25, 0.3) is 5.91 Å². The third-order valence-electron chi connectivity index (χ3n) is 1.03. The lowest BCUT2D eigenvalue weighted by molar-refractivity contribution is -0.128. The van der Waals surface area contributed by atoms with Crippen molar-refractivity contribution in [2.24, 2.45) is 16.7 Å². The lowest BCUT2D eigenvalue weighted by Gasteiger charge is -2.14. The van der Waals surface area contributed by atoms with E-state index >= 15 is 0 Å². The van der Waals surface area contributed by atoms with Crippen LogP contribution in [0, 0.1) is 0 Å². The SMILES string of the molecule is NNC(=O)C1(N)C=NON1. The first-order chi connectivity index (χ1) is 4.69. The van der Waals surface area contributed by atoms with Crippen molar-refractivity contribution in [3.05, 3.63) is 0 Å². The number of hydrogen-bond donors (Lipinski definition) is 4. The third-order valence-corrected chi connectivity index (χ3v) is 1.03. The monoisotopic (exact) mass is 145 g/mol. The highest BCUT2D eigenvalue weighted by Gasteiger charge is 2.36. The molecule has 0 saturated heterocycles. The fraction of sp³-hybridized carbons (Fsp3) is 0.333. The number of rotatable bonds is 1. The molecule has 10 heavy (non-hydrogen) atoms. The Labute approximate surface area is 56.3 Å². The minimum atomic E-state index is -1.44. The smallest absolute Gasteiger partial charge is 0.277 e. The molecule has 7 nitrogen and oxygen atoms in total. The molecule has 0 aromatic rings. The van der Waals surface area contributed by atoms with Crippen molar-refractivity contribution < 1.29 is 9.73 Å². The Bertz CT molecular complexity index is 180. The van der Waals surface area contributed by atoms with E-state index in [2.05, 4.69) is 15.6 Å². The topological polar surface area (TPSA) is 115 Å². The van der Waals surface area contributed by atoms with Crippen molar-refractivity contribution in [3.8, 4) is 0 Å². The predicted molar refractivity (Wildman–Crippen MR) is 32.0 cm³/mol. The van der Waals surface area contributed by atoms with E-state index in [0.717, 1.165) is 6.21 Å². The van der Waals surface area contributed by atoms with Crippen molar-refractivity contribution in [1.29, 1.82) is 0 Å². The lowest BCUT2D eigenvalue weighted by atomic mass is 10.2. The van der Waals surface area contributed by atoms with Gasteiger partial charge in [-0.25, -0.2) is 5.84 Å². The Morgan fingerprint density at radius 2 is 2.60 bits per heavy atom. The maximum atomic E-state index is 10.7. The van der Waals surface area contributed by atoms with Crippen LogP contribution in [0.4, 0.5) is 0 Å². The normalized spacial score (nSPS) is 29.8. The second-order valence-corrected chi connectivity index (χ2v) is 1.77. The number of carbonyl (C=O) groups is 1. The van der Waals surface area contributed by atoms with Crippen LogP contribution in [0.1, 0.15) is 0 Å². The highest BCUT2D eigenvalue weighted by Crippen LogP contribution is 1.97. The Kier molecular flexibility index (Phi) is 1.53. The van der Waals surface area contributed by atoms with E-state index in [1.165, 1.54) is 0 Å². The van der Waals surface area contributed by atoms with Crippen LogP contribution in [-0.2, 0) is 9.73 Å². The maximum absolute atomic E-state index is 10.7. The maximum Gasteiger partial charge on any atom is 0.277 e. The first-order valence-electron chi connectivity index (χ1n) is 2.47. The van der Waals surface area contributed by atoms with Crippen molar-refractivity contribution in [2.75, 3.05) is 0 Å². The molecule has 56 valence electrons. The van der Waals surface area contributed by atoms with E-state index in [4.69, 9.17) is 11.6 Å². The summed E-state index contributed by atoms with van der Waals surface area (Å²) in [4.78, 5) is 15.0. The van der Waals surface area contributed by atoms with E-state index in [1.54, 1.807) is 0 Å². The number of nitrogens with two attached hydrogens (primary N) is 2. The molecule has 1 aliphatic heterocycles. The van der Waals surface area contributed by atoms with Crippen LogP contribution in [0.15, 0.2) is 5.16 Å². The van der Waals surface area contributed by atoms with Gasteiger partial charge in [0.15, 0.2) is 0 Å². The average Bonchev–Trinajstić information content (AvgIpc) is 2.36. The molecule has 1 atom stereocenters. The van der Waals surface area contributed by atoms with Gasteiger partial charge in [-0.05, 0) is 0 Å². The number of hydroxylamine groups is 1. The average molecular weight is 145 g/mol. The van der Waals surface area contributed by atoms with Gasteiger partial charge in [-0.15, -0.1) is 0 Å². The van der Waals surface area contributed by atoms with Crippen LogP contribution in [0.25, 0.3) is 0 Å². The number of nitrogens with one attached hydrogen (secondary N) is 2. The summed E-state index contributed by atoms with van der Waals surface area (Å²) in [5.74, 6) is 4.18. The van der Waals surface area contributed by atoms with Gasteiger partial charge in [-0.2, -0.15) is 0 Å². The van der Waals surface area contributed by atoms with Gasteiger partial charge < -0.3 is 0 Å². The zero-order chi connectivity index (χ0) is 7.61. The molecule has 1 amide bonds. The first kappa shape index (κ1) is 6.93. The van der Waals surface area contributed by atoms with Crippen LogP contribution in [0.2, 0.25) is 0 Å². The second kappa shape index (κ2) is 2.21. The van der Waals surface area contributed by atoms with Crippen LogP contribution in [0.3, 0.4) is 0 Å². The van der Waals surface area contributed by atoms with E-state index in [1.807, 2.05) is 5.43 Å². The molecule has 1 rings (SSSR count). The molecule has 6 N–H and O–H groups in total. The van der Waals surface area contributed by atoms with Crippen molar-refractivity contribution in [2.45, 2.75) is 5.66 Å². The number of hydrazine groups is 1. The number of oxime groups is 1. The fourth-order valence-corrected chi connectivity index (χ4v) is 0.462. The van der Waals surface area contributed by atoms with Gasteiger partial charge in [-0.1, -0.05) is 10.6 Å². The van der Waals surface area contributed by atoms with Crippen molar-refractivity contribution in [1.82, 2.24) is 10.9 Å². The van der Waals surface area contributed by atoms with Crippen LogP contribution >= 0.6 is 0 Å². The van der Waals surface area contributed by atoms with Crippen molar-refractivity contribution >= 4 is 12.1 Å². The summed E-state index contributed by atoms with van der Waals surface area (Å²) in [6.07, 6.45) is 1.11. The number of amides is 1. The van der Waals surface area contributed by atoms with Gasteiger partial charge in [0.1, 0.15) is 0 Å². The first-order valence-corrected chi connectivity index (χ1v) is 2.47. The quantitative estimate of drug-likeness (QED) is 0.180. The molecule has 0 aliphatic carbocycles. The summed E-state index contributed by atoms with van der Waals surface area (Å²) in [6, 6.07) is 0. The molecule has 0 aromatic heterocycles. The minimum absolute atomic E-state index is 0.617. The Hall–Kier alpha value is -1.18. The predicted octanol–water partition coefficient (Wildman–Crippen LogP) is -2.85. The summed E-state index contributed by atoms with van der Waals surface area (Å²) >= 11 is 0. The van der Waals surface area contributed by atoms with E-state index in [0.29, 0.717) is 0 Å². The minimum Gasteiger partial charge on any atom is -0.298 e. The van der Waals surface area contributed by atoms with Crippen LogP contribution in [-0.4, -0.2) is 17.8 Å². The van der Waals surface area contributed by atoms with Gasteiger partial charge in [0, 0.05) is 0 Å². The zero-order valence-electron chi connectivity index (χ0n) is 5.00. The largest absolute Gasteiger partial charge is 0.298 e. The molecule has 0 bridgehead atoms.